The van der Waals surface area contributed by atoms with E-state index in [1.807, 2.05) is 0 Å². The number of carbonyl (C=O) groups excluding carboxylic acids is 1. The van der Waals surface area contributed by atoms with Crippen LogP contribution in [-0.2, 0) is 0 Å². The van der Waals surface area contributed by atoms with Gasteiger partial charge >= 0.3 is 0 Å². The van der Waals surface area contributed by atoms with E-state index in [4.69, 9.17) is 0 Å². The molecule has 0 atom stereocenters. The van der Waals surface area contributed by atoms with Gasteiger partial charge in [0.25, 0.3) is 11.5 Å². The fraction of sp³-hybridized carbons (Fsp3) is 0. The van der Waals surface area contributed by atoms with E-state index < -0.39 is 0 Å². The molecule has 2 aromatic heterocycles. The Morgan fingerprint density at radius 2 is 1.77 bits per heavy atom. The molecule has 2 heterocycles. The SMILES string of the molecule is O=C(Nc1cccnc1)c1ccc(-n2nnc3ccccc3c2=O)cc1. The van der Waals surface area contributed by atoms with Crippen LogP contribution < -0.4 is 10.9 Å². The topological polar surface area (TPSA) is 89.8 Å². The van der Waals surface area contributed by atoms with E-state index in [0.717, 1.165) is 0 Å². The Kier molecular flexibility index (Phi) is 3.95. The van der Waals surface area contributed by atoms with Gasteiger partial charge in [0, 0.05) is 11.8 Å². The van der Waals surface area contributed by atoms with Crippen LogP contribution in [0.3, 0.4) is 0 Å². The smallest absolute Gasteiger partial charge is 0.282 e. The lowest BCUT2D eigenvalue weighted by Gasteiger charge is -2.07. The zero-order chi connectivity index (χ0) is 17.9. The predicted molar refractivity (Wildman–Crippen MR) is 97.3 cm³/mol. The number of aromatic nitrogens is 4. The molecule has 0 aliphatic heterocycles. The molecule has 4 rings (SSSR count). The summed E-state index contributed by atoms with van der Waals surface area (Å²) < 4.78 is 1.21. The molecule has 0 aliphatic carbocycles. The van der Waals surface area contributed by atoms with Crippen LogP contribution in [-0.4, -0.2) is 25.9 Å². The first-order valence-corrected chi connectivity index (χ1v) is 7.89. The second-order valence-electron chi connectivity index (χ2n) is 5.57. The van der Waals surface area contributed by atoms with E-state index >= 15 is 0 Å². The first-order chi connectivity index (χ1) is 12.7. The Bertz CT molecular complexity index is 1140. The summed E-state index contributed by atoms with van der Waals surface area (Å²) >= 11 is 0. The first kappa shape index (κ1) is 15.6. The van der Waals surface area contributed by atoms with Crippen molar-refractivity contribution in [2.75, 3.05) is 5.32 Å². The lowest BCUT2D eigenvalue weighted by Crippen LogP contribution is -2.22. The van der Waals surface area contributed by atoms with Crippen LogP contribution in [0, 0.1) is 0 Å². The Labute approximate surface area is 147 Å². The van der Waals surface area contributed by atoms with Gasteiger partial charge in [-0.25, -0.2) is 0 Å². The van der Waals surface area contributed by atoms with Crippen LogP contribution in [0.4, 0.5) is 5.69 Å². The number of pyridine rings is 1. The highest BCUT2D eigenvalue weighted by Gasteiger charge is 2.09. The molecule has 7 nitrogen and oxygen atoms in total. The number of rotatable bonds is 3. The molecular formula is C19H13N5O2. The number of carbonyl (C=O) groups is 1. The highest BCUT2D eigenvalue weighted by molar-refractivity contribution is 6.04. The summed E-state index contributed by atoms with van der Waals surface area (Å²) in [6, 6.07) is 17.1. The number of anilines is 1. The number of nitrogens with zero attached hydrogens (tertiary/aromatic N) is 4. The summed E-state index contributed by atoms with van der Waals surface area (Å²) in [5, 5.41) is 11.3. The van der Waals surface area contributed by atoms with Gasteiger partial charge in [-0.3, -0.25) is 14.6 Å². The average molecular weight is 343 g/mol. The van der Waals surface area contributed by atoms with Gasteiger partial charge in [-0.2, -0.15) is 4.68 Å². The van der Waals surface area contributed by atoms with Crippen LogP contribution in [0.15, 0.2) is 77.9 Å². The maximum Gasteiger partial charge on any atom is 0.282 e. The van der Waals surface area contributed by atoms with Crippen LogP contribution in [0.25, 0.3) is 16.6 Å². The van der Waals surface area contributed by atoms with Gasteiger partial charge in [0.15, 0.2) is 0 Å². The van der Waals surface area contributed by atoms with Crippen molar-refractivity contribution >= 4 is 22.5 Å². The van der Waals surface area contributed by atoms with Gasteiger partial charge in [-0.1, -0.05) is 17.3 Å². The number of hydrogen-bond donors (Lipinski definition) is 1. The van der Waals surface area contributed by atoms with E-state index in [9.17, 15) is 9.59 Å². The van der Waals surface area contributed by atoms with Crippen molar-refractivity contribution in [1.82, 2.24) is 20.0 Å². The maximum absolute atomic E-state index is 12.6. The fourth-order valence-electron chi connectivity index (χ4n) is 2.55. The second kappa shape index (κ2) is 6.56. The van der Waals surface area contributed by atoms with E-state index in [2.05, 4.69) is 20.6 Å². The Morgan fingerprint density at radius 1 is 0.962 bits per heavy atom. The minimum Gasteiger partial charge on any atom is -0.321 e. The van der Waals surface area contributed by atoms with Crippen molar-refractivity contribution in [2.45, 2.75) is 0 Å². The molecule has 0 bridgehead atoms. The highest BCUT2D eigenvalue weighted by atomic mass is 16.1. The first-order valence-electron chi connectivity index (χ1n) is 7.89. The molecule has 0 unspecified atom stereocenters. The number of amides is 1. The van der Waals surface area contributed by atoms with E-state index in [-0.39, 0.29) is 11.5 Å². The Hall–Kier alpha value is -3.87. The summed E-state index contributed by atoms with van der Waals surface area (Å²) in [6.07, 6.45) is 3.20. The molecule has 7 heteroatoms. The van der Waals surface area contributed by atoms with Gasteiger partial charge in [-0.05, 0) is 48.5 Å². The molecule has 1 amide bonds. The Morgan fingerprint density at radius 3 is 2.54 bits per heavy atom. The molecule has 0 saturated heterocycles. The molecule has 0 fully saturated rings. The van der Waals surface area contributed by atoms with Crippen LogP contribution in [0.1, 0.15) is 10.4 Å². The zero-order valence-electron chi connectivity index (χ0n) is 13.5. The standard InChI is InChI=1S/C19H13N5O2/c25-18(21-14-4-3-11-20-12-14)13-7-9-15(10-8-13)24-19(26)16-5-1-2-6-17(16)22-23-24/h1-12H,(H,21,25). The molecule has 26 heavy (non-hydrogen) atoms. The molecule has 0 spiro atoms. The molecule has 1 N–H and O–H groups in total. The minimum atomic E-state index is -0.263. The van der Waals surface area contributed by atoms with Crippen molar-refractivity contribution in [2.24, 2.45) is 0 Å². The normalized spacial score (nSPS) is 10.6. The third-order valence-corrected chi connectivity index (χ3v) is 3.86. The van der Waals surface area contributed by atoms with Gasteiger partial charge in [0.2, 0.25) is 0 Å². The molecule has 0 saturated carbocycles. The molecule has 126 valence electrons. The monoisotopic (exact) mass is 343 g/mol. The minimum absolute atomic E-state index is 0.261. The lowest BCUT2D eigenvalue weighted by molar-refractivity contribution is 0.102. The fourth-order valence-corrected chi connectivity index (χ4v) is 2.55. The molecule has 0 radical (unpaired) electrons. The van der Waals surface area contributed by atoms with Crippen LogP contribution >= 0.6 is 0 Å². The number of nitrogens with one attached hydrogen (secondary N) is 1. The third kappa shape index (κ3) is 2.93. The van der Waals surface area contributed by atoms with E-state index in [0.29, 0.717) is 27.8 Å². The van der Waals surface area contributed by atoms with E-state index in [1.54, 1.807) is 73.1 Å². The van der Waals surface area contributed by atoms with Crippen LogP contribution in [0.2, 0.25) is 0 Å². The quantitative estimate of drug-likeness (QED) is 0.617. The van der Waals surface area contributed by atoms with Crippen molar-refractivity contribution in [3.8, 4) is 5.69 Å². The third-order valence-electron chi connectivity index (χ3n) is 3.86. The predicted octanol–water partition coefficient (Wildman–Crippen LogP) is 2.43. The highest BCUT2D eigenvalue weighted by Crippen LogP contribution is 2.11. The summed E-state index contributed by atoms with van der Waals surface area (Å²) in [4.78, 5) is 28.8. The van der Waals surface area contributed by atoms with Crippen molar-refractivity contribution in [1.29, 1.82) is 0 Å². The van der Waals surface area contributed by atoms with Gasteiger partial charge in [0.05, 0.1) is 23.0 Å². The average Bonchev–Trinajstić information content (AvgIpc) is 2.69. The van der Waals surface area contributed by atoms with Crippen molar-refractivity contribution < 1.29 is 4.79 Å². The van der Waals surface area contributed by atoms with E-state index in [1.165, 1.54) is 4.68 Å². The maximum atomic E-state index is 12.6. The summed E-state index contributed by atoms with van der Waals surface area (Å²) in [5.41, 5.74) is 1.88. The summed E-state index contributed by atoms with van der Waals surface area (Å²) in [5.74, 6) is -0.263. The molecular weight excluding hydrogens is 330 g/mol. The zero-order valence-corrected chi connectivity index (χ0v) is 13.5. The number of fused-ring (bicyclic) bond motifs is 1. The van der Waals surface area contributed by atoms with Gasteiger partial charge in [0.1, 0.15) is 5.52 Å². The van der Waals surface area contributed by atoms with Gasteiger partial charge < -0.3 is 5.32 Å². The Balaban J connectivity index is 1.63. The van der Waals surface area contributed by atoms with Crippen LogP contribution in [0.5, 0.6) is 0 Å². The number of hydrogen-bond acceptors (Lipinski definition) is 5. The molecule has 2 aromatic carbocycles. The number of benzene rings is 2. The van der Waals surface area contributed by atoms with Crippen molar-refractivity contribution in [3.63, 3.8) is 0 Å². The molecule has 0 aliphatic rings. The lowest BCUT2D eigenvalue weighted by atomic mass is 10.2. The molecule has 4 aromatic rings. The van der Waals surface area contributed by atoms with Gasteiger partial charge in [-0.15, -0.1) is 5.10 Å². The van der Waals surface area contributed by atoms with Crippen molar-refractivity contribution in [3.05, 3.63) is 89.0 Å². The summed E-state index contributed by atoms with van der Waals surface area (Å²) in [6.45, 7) is 0. The summed E-state index contributed by atoms with van der Waals surface area (Å²) in [7, 11) is 0. The second-order valence-corrected chi connectivity index (χ2v) is 5.57. The largest absolute Gasteiger partial charge is 0.321 e.